The van der Waals surface area contributed by atoms with Crippen molar-refractivity contribution in [1.82, 2.24) is 4.98 Å². The largest absolute Gasteiger partial charge is 0.378 e. The van der Waals surface area contributed by atoms with E-state index in [1.165, 1.54) is 32.1 Å². The van der Waals surface area contributed by atoms with Crippen LogP contribution in [0.2, 0.25) is 0 Å². The van der Waals surface area contributed by atoms with Gasteiger partial charge >= 0.3 is 0 Å². The highest BCUT2D eigenvalue weighted by molar-refractivity contribution is 14.0. The van der Waals surface area contributed by atoms with Crippen LogP contribution in [-0.2, 0) is 4.74 Å². The Kier molecular flexibility index (Phi) is 6.64. The average molecular weight is 430 g/mol. The Morgan fingerprint density at radius 3 is 2.83 bits per heavy atom. The first-order valence-corrected chi connectivity index (χ1v) is 8.37. The van der Waals surface area contributed by atoms with Gasteiger partial charge in [0.25, 0.3) is 0 Å². The quantitative estimate of drug-likeness (QED) is 0.436. The van der Waals surface area contributed by atoms with Crippen molar-refractivity contribution in [2.75, 3.05) is 11.9 Å². The molecule has 2 saturated carbocycles. The number of ether oxygens (including phenoxy) is 1. The topological polar surface area (TPSA) is 72.5 Å². The van der Waals surface area contributed by atoms with Crippen LogP contribution in [0.25, 0.3) is 0 Å². The standard InChI is InChI=1S/C17H26N4O.HI/c1-2-22-14-12-13(17(14)9-5-3-6-10-17)20-16(18)21-15-8-4-7-11-19-15;/h4,7-8,11,13-14H,2-3,5-6,9-10,12H2,1H3,(H3,18,19,20,21);1H. The first-order valence-electron chi connectivity index (χ1n) is 8.37. The smallest absolute Gasteiger partial charge is 0.194 e. The molecule has 0 aliphatic heterocycles. The van der Waals surface area contributed by atoms with Crippen LogP contribution in [0, 0.1) is 5.41 Å². The third-order valence-electron chi connectivity index (χ3n) is 5.11. The third kappa shape index (κ3) is 3.96. The number of pyridine rings is 1. The Morgan fingerprint density at radius 2 is 2.17 bits per heavy atom. The maximum absolute atomic E-state index is 6.08. The van der Waals surface area contributed by atoms with Gasteiger partial charge in [-0.1, -0.05) is 25.3 Å². The predicted octanol–water partition coefficient (Wildman–Crippen LogP) is 3.55. The van der Waals surface area contributed by atoms with E-state index < -0.39 is 0 Å². The number of aromatic nitrogens is 1. The minimum atomic E-state index is 0. The van der Waals surface area contributed by atoms with Gasteiger partial charge in [-0.15, -0.1) is 24.0 Å². The predicted molar refractivity (Wildman–Crippen MR) is 104 cm³/mol. The van der Waals surface area contributed by atoms with E-state index in [4.69, 9.17) is 15.5 Å². The van der Waals surface area contributed by atoms with Gasteiger partial charge in [-0.2, -0.15) is 0 Å². The second-order valence-corrected chi connectivity index (χ2v) is 6.34. The first-order chi connectivity index (χ1) is 10.7. The van der Waals surface area contributed by atoms with E-state index in [0.29, 0.717) is 12.1 Å². The maximum atomic E-state index is 6.08. The van der Waals surface area contributed by atoms with Crippen LogP contribution >= 0.6 is 24.0 Å². The van der Waals surface area contributed by atoms with Crippen LogP contribution in [0.5, 0.6) is 0 Å². The summed E-state index contributed by atoms with van der Waals surface area (Å²) in [5, 5.41) is 3.09. The fraction of sp³-hybridized carbons (Fsp3) is 0.647. The van der Waals surface area contributed by atoms with Crippen LogP contribution in [0.15, 0.2) is 29.4 Å². The molecule has 2 fully saturated rings. The highest BCUT2D eigenvalue weighted by Gasteiger charge is 2.55. The molecule has 3 N–H and O–H groups in total. The molecule has 2 aliphatic rings. The molecule has 0 aromatic carbocycles. The Hall–Kier alpha value is -0.890. The lowest BCUT2D eigenvalue weighted by molar-refractivity contribution is -0.139. The average Bonchev–Trinajstić information content (AvgIpc) is 2.55. The summed E-state index contributed by atoms with van der Waals surface area (Å²) in [6.07, 6.45) is 9.40. The monoisotopic (exact) mass is 430 g/mol. The molecule has 2 unspecified atom stereocenters. The summed E-state index contributed by atoms with van der Waals surface area (Å²) in [5.41, 5.74) is 6.30. The molecule has 2 atom stereocenters. The Labute approximate surface area is 155 Å². The van der Waals surface area contributed by atoms with Crippen LogP contribution in [-0.4, -0.2) is 29.7 Å². The molecule has 1 heterocycles. The van der Waals surface area contributed by atoms with Gasteiger partial charge in [-0.3, -0.25) is 0 Å². The maximum Gasteiger partial charge on any atom is 0.194 e. The number of aliphatic imine (C=N–C) groups is 1. The fourth-order valence-corrected chi connectivity index (χ4v) is 3.98. The zero-order valence-corrected chi connectivity index (χ0v) is 16.0. The zero-order valence-electron chi connectivity index (χ0n) is 13.7. The summed E-state index contributed by atoms with van der Waals surface area (Å²) >= 11 is 0. The number of guanidine groups is 1. The van der Waals surface area contributed by atoms with Crippen LogP contribution < -0.4 is 11.1 Å². The number of anilines is 1. The Morgan fingerprint density at radius 1 is 1.39 bits per heavy atom. The van der Waals surface area contributed by atoms with Gasteiger partial charge in [0.2, 0.25) is 0 Å². The van der Waals surface area contributed by atoms with Crippen molar-refractivity contribution in [3.63, 3.8) is 0 Å². The van der Waals surface area contributed by atoms with Crippen molar-refractivity contribution in [1.29, 1.82) is 0 Å². The molecule has 5 nitrogen and oxygen atoms in total. The Bertz CT molecular complexity index is 517. The number of hydrogen-bond donors (Lipinski definition) is 2. The van der Waals surface area contributed by atoms with E-state index in [9.17, 15) is 0 Å². The normalized spacial score (nSPS) is 26.2. The van der Waals surface area contributed by atoms with E-state index >= 15 is 0 Å². The molecule has 0 radical (unpaired) electrons. The van der Waals surface area contributed by atoms with Crippen molar-refractivity contribution in [2.24, 2.45) is 16.1 Å². The molecule has 6 heteroatoms. The highest BCUT2D eigenvalue weighted by Crippen LogP contribution is 2.54. The van der Waals surface area contributed by atoms with Gasteiger partial charge in [0.1, 0.15) is 5.82 Å². The number of rotatable bonds is 4. The summed E-state index contributed by atoms with van der Waals surface area (Å²) in [4.78, 5) is 8.97. The van der Waals surface area contributed by atoms with Gasteiger partial charge in [-0.05, 0) is 38.3 Å². The van der Waals surface area contributed by atoms with Gasteiger partial charge in [0.15, 0.2) is 5.96 Å². The van der Waals surface area contributed by atoms with Gasteiger partial charge in [-0.25, -0.2) is 9.98 Å². The molecule has 1 aromatic rings. The van der Waals surface area contributed by atoms with Gasteiger partial charge < -0.3 is 15.8 Å². The second-order valence-electron chi connectivity index (χ2n) is 6.34. The number of hydrogen-bond acceptors (Lipinski definition) is 3. The Balaban J connectivity index is 0.00000192. The van der Waals surface area contributed by atoms with Crippen LogP contribution in [0.4, 0.5) is 5.82 Å². The van der Waals surface area contributed by atoms with E-state index in [1.807, 2.05) is 18.2 Å². The molecule has 0 bridgehead atoms. The van der Waals surface area contributed by atoms with Crippen molar-refractivity contribution in [2.45, 2.75) is 57.6 Å². The third-order valence-corrected chi connectivity index (χ3v) is 5.11. The van der Waals surface area contributed by atoms with E-state index in [1.54, 1.807) is 6.20 Å². The molecule has 0 amide bonds. The lowest BCUT2D eigenvalue weighted by atomic mass is 9.55. The molecule has 1 aromatic heterocycles. The molecule has 2 aliphatic carbocycles. The van der Waals surface area contributed by atoms with Crippen molar-refractivity contribution in [3.8, 4) is 0 Å². The van der Waals surface area contributed by atoms with Crippen molar-refractivity contribution >= 4 is 35.8 Å². The minimum Gasteiger partial charge on any atom is -0.378 e. The number of halogens is 1. The number of nitrogens with zero attached hydrogens (tertiary/aromatic N) is 2. The minimum absolute atomic E-state index is 0. The molecule has 0 saturated heterocycles. The molecule has 23 heavy (non-hydrogen) atoms. The summed E-state index contributed by atoms with van der Waals surface area (Å²) in [6, 6.07) is 5.98. The van der Waals surface area contributed by atoms with Gasteiger partial charge in [0.05, 0.1) is 12.1 Å². The van der Waals surface area contributed by atoms with Crippen LogP contribution in [0.1, 0.15) is 45.4 Å². The SMILES string of the molecule is CCOC1CC(N=C(N)Nc2ccccn2)C12CCCCC2.I. The van der Waals surface area contributed by atoms with Gasteiger partial charge in [0, 0.05) is 18.2 Å². The molecular weight excluding hydrogens is 403 g/mol. The summed E-state index contributed by atoms with van der Waals surface area (Å²) in [6.45, 7) is 2.86. The number of nitrogens with one attached hydrogen (secondary N) is 1. The molecular formula is C17H27IN4O. The van der Waals surface area contributed by atoms with E-state index in [0.717, 1.165) is 18.8 Å². The zero-order chi connectivity index (χ0) is 15.4. The second kappa shape index (κ2) is 8.28. The van der Waals surface area contributed by atoms with E-state index in [-0.39, 0.29) is 35.4 Å². The molecule has 128 valence electrons. The lowest BCUT2D eigenvalue weighted by Crippen LogP contribution is -2.58. The summed E-state index contributed by atoms with van der Waals surface area (Å²) < 4.78 is 5.96. The van der Waals surface area contributed by atoms with Crippen molar-refractivity contribution in [3.05, 3.63) is 24.4 Å². The van der Waals surface area contributed by atoms with Crippen LogP contribution in [0.3, 0.4) is 0 Å². The lowest BCUT2D eigenvalue weighted by Gasteiger charge is -2.55. The van der Waals surface area contributed by atoms with E-state index in [2.05, 4.69) is 17.2 Å². The van der Waals surface area contributed by atoms with Crippen molar-refractivity contribution < 1.29 is 4.74 Å². The molecule has 3 rings (SSSR count). The number of nitrogens with two attached hydrogens (primary N) is 1. The first kappa shape index (κ1) is 18.4. The summed E-state index contributed by atoms with van der Waals surface area (Å²) in [7, 11) is 0. The fourth-order valence-electron chi connectivity index (χ4n) is 3.98. The highest BCUT2D eigenvalue weighted by atomic mass is 127. The summed E-state index contributed by atoms with van der Waals surface area (Å²) in [5.74, 6) is 1.20. The molecule has 1 spiro atoms.